The third kappa shape index (κ3) is 2.89. The van der Waals surface area contributed by atoms with Crippen LogP contribution in [-0.2, 0) is 10.0 Å². The highest BCUT2D eigenvalue weighted by Crippen LogP contribution is 2.38. The zero-order valence-electron chi connectivity index (χ0n) is 14.2. The molecule has 25 heavy (non-hydrogen) atoms. The second-order valence-corrected chi connectivity index (χ2v) is 7.46. The zero-order chi connectivity index (χ0) is 18.2. The molecule has 1 aromatic carbocycles. The SMILES string of the molecule is COc1cc(OC)c(S(=O)(=O)N(C)C)cc1-c1cn2ccnnc2n1. The number of aromatic nitrogens is 4. The summed E-state index contributed by atoms with van der Waals surface area (Å²) in [7, 11) is 2.10. The van der Waals surface area contributed by atoms with Crippen molar-refractivity contribution in [3.05, 3.63) is 30.7 Å². The molecule has 0 N–H and O–H groups in total. The van der Waals surface area contributed by atoms with E-state index in [0.717, 1.165) is 4.31 Å². The number of benzene rings is 1. The van der Waals surface area contributed by atoms with E-state index < -0.39 is 10.0 Å². The Kier molecular flexibility index (Phi) is 4.31. The standard InChI is InChI=1S/C15H17N5O4S/c1-19(2)25(21,22)14-7-10(12(23-3)8-13(14)24-4)11-9-20-6-5-16-18-15(20)17-11/h5-9H,1-4H3. The second kappa shape index (κ2) is 6.30. The summed E-state index contributed by atoms with van der Waals surface area (Å²) in [5.41, 5.74) is 1.02. The molecule has 0 aliphatic rings. The van der Waals surface area contributed by atoms with Crippen LogP contribution in [0.5, 0.6) is 11.5 Å². The molecule has 0 bridgehead atoms. The van der Waals surface area contributed by atoms with Crippen molar-refractivity contribution >= 4 is 15.8 Å². The maximum Gasteiger partial charge on any atom is 0.254 e. The van der Waals surface area contributed by atoms with Crippen LogP contribution in [0.2, 0.25) is 0 Å². The summed E-state index contributed by atoms with van der Waals surface area (Å²) in [6, 6.07) is 3.02. The van der Waals surface area contributed by atoms with Gasteiger partial charge in [-0.25, -0.2) is 17.7 Å². The summed E-state index contributed by atoms with van der Waals surface area (Å²) in [6.07, 6.45) is 4.96. The summed E-state index contributed by atoms with van der Waals surface area (Å²) < 4.78 is 38.7. The quantitative estimate of drug-likeness (QED) is 0.668. The highest BCUT2D eigenvalue weighted by Gasteiger charge is 2.26. The number of imidazole rings is 1. The average Bonchev–Trinajstić information content (AvgIpc) is 3.04. The molecule has 0 spiro atoms. The number of nitrogens with zero attached hydrogens (tertiary/aromatic N) is 5. The second-order valence-electron chi connectivity index (χ2n) is 5.34. The number of rotatable bonds is 5. The molecule has 0 atom stereocenters. The van der Waals surface area contributed by atoms with Gasteiger partial charge in [-0.2, -0.15) is 5.10 Å². The number of sulfonamides is 1. The summed E-state index contributed by atoms with van der Waals surface area (Å²) in [4.78, 5) is 4.40. The van der Waals surface area contributed by atoms with Gasteiger partial charge in [0.1, 0.15) is 16.4 Å². The van der Waals surface area contributed by atoms with Gasteiger partial charge < -0.3 is 9.47 Å². The van der Waals surface area contributed by atoms with Crippen LogP contribution in [0.25, 0.3) is 17.0 Å². The molecule has 0 aliphatic carbocycles. The Morgan fingerprint density at radius 1 is 1.12 bits per heavy atom. The molecule has 2 aromatic heterocycles. The molecule has 0 aliphatic heterocycles. The first kappa shape index (κ1) is 17.1. The van der Waals surface area contributed by atoms with Crippen LogP contribution >= 0.6 is 0 Å². The predicted octanol–water partition coefficient (Wildman–Crippen LogP) is 1.06. The Labute approximate surface area is 144 Å². The van der Waals surface area contributed by atoms with Crippen LogP contribution in [0.3, 0.4) is 0 Å². The van der Waals surface area contributed by atoms with Gasteiger partial charge in [-0.05, 0) is 6.07 Å². The fourth-order valence-electron chi connectivity index (χ4n) is 2.35. The Balaban J connectivity index is 2.28. The van der Waals surface area contributed by atoms with Gasteiger partial charge in [-0.3, -0.25) is 4.40 Å². The minimum atomic E-state index is -3.71. The summed E-state index contributed by atoms with van der Waals surface area (Å²) in [5, 5.41) is 7.71. The van der Waals surface area contributed by atoms with Crippen molar-refractivity contribution < 1.29 is 17.9 Å². The van der Waals surface area contributed by atoms with E-state index in [1.54, 1.807) is 16.8 Å². The molecule has 0 amide bonds. The lowest BCUT2D eigenvalue weighted by Gasteiger charge is -2.17. The maximum atomic E-state index is 12.6. The molecule has 9 nitrogen and oxygen atoms in total. The molecule has 2 heterocycles. The van der Waals surface area contributed by atoms with E-state index in [-0.39, 0.29) is 10.6 Å². The molecule has 0 radical (unpaired) electrons. The molecule has 0 fully saturated rings. The van der Waals surface area contributed by atoms with Crippen LogP contribution in [0.1, 0.15) is 0 Å². The lowest BCUT2D eigenvalue weighted by atomic mass is 10.1. The third-order valence-electron chi connectivity index (χ3n) is 3.67. The molecular weight excluding hydrogens is 346 g/mol. The van der Waals surface area contributed by atoms with E-state index in [1.807, 2.05) is 0 Å². The first-order valence-electron chi connectivity index (χ1n) is 7.23. The lowest BCUT2D eigenvalue weighted by molar-refractivity contribution is 0.385. The summed E-state index contributed by atoms with van der Waals surface area (Å²) in [5.74, 6) is 1.02. The number of ether oxygens (including phenoxy) is 2. The van der Waals surface area contributed by atoms with Gasteiger partial charge in [-0.15, -0.1) is 5.10 Å². The smallest absolute Gasteiger partial charge is 0.254 e. The minimum absolute atomic E-state index is 0.0268. The van der Waals surface area contributed by atoms with Gasteiger partial charge in [0, 0.05) is 38.1 Å². The molecule has 3 aromatic rings. The first-order chi connectivity index (χ1) is 11.9. The van der Waals surface area contributed by atoms with Crippen molar-refractivity contribution in [2.75, 3.05) is 28.3 Å². The monoisotopic (exact) mass is 363 g/mol. The largest absolute Gasteiger partial charge is 0.496 e. The van der Waals surface area contributed by atoms with Crippen molar-refractivity contribution in [1.29, 1.82) is 0 Å². The van der Waals surface area contributed by atoms with Crippen molar-refractivity contribution in [3.63, 3.8) is 0 Å². The molecular formula is C15H17N5O4S. The van der Waals surface area contributed by atoms with E-state index in [2.05, 4.69) is 15.2 Å². The molecule has 132 valence electrons. The third-order valence-corrected chi connectivity index (χ3v) is 5.51. The molecule has 10 heteroatoms. The van der Waals surface area contributed by atoms with Gasteiger partial charge in [0.15, 0.2) is 0 Å². The maximum absolute atomic E-state index is 12.6. The topological polar surface area (TPSA) is 98.9 Å². The number of hydrogen-bond acceptors (Lipinski definition) is 7. The normalized spacial score (nSPS) is 11.9. The van der Waals surface area contributed by atoms with E-state index in [0.29, 0.717) is 22.8 Å². The van der Waals surface area contributed by atoms with Crippen LogP contribution in [0.15, 0.2) is 35.6 Å². The number of fused-ring (bicyclic) bond motifs is 1. The zero-order valence-corrected chi connectivity index (χ0v) is 15.0. The Hall–Kier alpha value is -2.72. The van der Waals surface area contributed by atoms with E-state index in [4.69, 9.17) is 9.47 Å². The molecule has 0 saturated heterocycles. The number of methoxy groups -OCH3 is 2. The predicted molar refractivity (Wildman–Crippen MR) is 90.2 cm³/mol. The first-order valence-corrected chi connectivity index (χ1v) is 8.67. The average molecular weight is 363 g/mol. The van der Waals surface area contributed by atoms with Crippen LogP contribution < -0.4 is 9.47 Å². The summed E-state index contributed by atoms with van der Waals surface area (Å²) >= 11 is 0. The van der Waals surface area contributed by atoms with Crippen molar-refractivity contribution in [3.8, 4) is 22.8 Å². The van der Waals surface area contributed by atoms with E-state index in [1.165, 1.54) is 46.6 Å². The van der Waals surface area contributed by atoms with Gasteiger partial charge in [0.2, 0.25) is 10.0 Å². The summed E-state index contributed by atoms with van der Waals surface area (Å²) in [6.45, 7) is 0. The minimum Gasteiger partial charge on any atom is -0.496 e. The van der Waals surface area contributed by atoms with Crippen molar-refractivity contribution in [1.82, 2.24) is 23.9 Å². The van der Waals surface area contributed by atoms with Gasteiger partial charge >= 0.3 is 0 Å². The van der Waals surface area contributed by atoms with Crippen LogP contribution in [0.4, 0.5) is 0 Å². The fraction of sp³-hybridized carbons (Fsp3) is 0.267. The van der Waals surface area contributed by atoms with Gasteiger partial charge in [0.05, 0.1) is 26.1 Å². The molecule has 0 unspecified atom stereocenters. The van der Waals surface area contributed by atoms with Gasteiger partial charge in [0.25, 0.3) is 5.78 Å². The highest BCUT2D eigenvalue weighted by molar-refractivity contribution is 7.89. The Morgan fingerprint density at radius 2 is 1.84 bits per heavy atom. The van der Waals surface area contributed by atoms with E-state index in [9.17, 15) is 8.42 Å². The Bertz CT molecular complexity index is 997. The lowest BCUT2D eigenvalue weighted by Crippen LogP contribution is -2.23. The number of hydrogen-bond donors (Lipinski definition) is 0. The van der Waals surface area contributed by atoms with Crippen LogP contribution in [0, 0.1) is 0 Å². The molecule has 3 rings (SSSR count). The highest BCUT2D eigenvalue weighted by atomic mass is 32.2. The Morgan fingerprint density at radius 3 is 2.44 bits per heavy atom. The van der Waals surface area contributed by atoms with Crippen molar-refractivity contribution in [2.24, 2.45) is 0 Å². The van der Waals surface area contributed by atoms with Crippen molar-refractivity contribution in [2.45, 2.75) is 4.90 Å². The van der Waals surface area contributed by atoms with Gasteiger partial charge in [-0.1, -0.05) is 0 Å². The molecule has 0 saturated carbocycles. The van der Waals surface area contributed by atoms with E-state index >= 15 is 0 Å². The fourth-order valence-corrected chi connectivity index (χ4v) is 3.41. The van der Waals surface area contributed by atoms with Crippen LogP contribution in [-0.4, -0.2) is 60.6 Å².